The van der Waals surface area contributed by atoms with Crippen LogP contribution in [-0.2, 0) is 13.6 Å². The van der Waals surface area contributed by atoms with Gasteiger partial charge in [0.25, 0.3) is 0 Å². The van der Waals surface area contributed by atoms with Crippen LogP contribution in [0.1, 0.15) is 18.1 Å². The van der Waals surface area contributed by atoms with E-state index in [-0.39, 0.29) is 0 Å². The molecule has 1 aromatic heterocycles. The standard InChI is InChI=1S/C17H24N4/c1-13-4-5-15(12-21-7-6-18-14(2)10-21)17(8-13)16-9-19-20(3)11-16/h4-5,8-9,11,14,18H,6-7,10,12H2,1-3H3/t14-/m1/s1. The highest BCUT2D eigenvalue weighted by Crippen LogP contribution is 2.26. The lowest BCUT2D eigenvalue weighted by molar-refractivity contribution is 0.200. The van der Waals surface area contributed by atoms with E-state index in [1.54, 1.807) is 0 Å². The molecule has 0 unspecified atom stereocenters. The van der Waals surface area contributed by atoms with Gasteiger partial charge in [0.15, 0.2) is 0 Å². The van der Waals surface area contributed by atoms with Gasteiger partial charge in [-0.2, -0.15) is 5.10 Å². The number of hydrogen-bond donors (Lipinski definition) is 1. The average Bonchev–Trinajstić information content (AvgIpc) is 2.87. The van der Waals surface area contributed by atoms with E-state index < -0.39 is 0 Å². The first-order chi connectivity index (χ1) is 10.1. The molecule has 4 nitrogen and oxygen atoms in total. The topological polar surface area (TPSA) is 33.1 Å². The van der Waals surface area contributed by atoms with Crippen molar-refractivity contribution < 1.29 is 0 Å². The summed E-state index contributed by atoms with van der Waals surface area (Å²) in [6.07, 6.45) is 4.05. The number of piperazine rings is 1. The zero-order valence-corrected chi connectivity index (χ0v) is 13.1. The highest BCUT2D eigenvalue weighted by molar-refractivity contribution is 5.66. The predicted octanol–water partition coefficient (Wildman–Crippen LogP) is 2.19. The van der Waals surface area contributed by atoms with Crippen LogP contribution in [0.3, 0.4) is 0 Å². The Balaban J connectivity index is 1.87. The lowest BCUT2D eigenvalue weighted by Crippen LogP contribution is -2.48. The SMILES string of the molecule is Cc1ccc(CN2CCN[C@H](C)C2)c(-c2cnn(C)c2)c1. The summed E-state index contributed by atoms with van der Waals surface area (Å²) in [6.45, 7) is 8.72. The van der Waals surface area contributed by atoms with Crippen LogP contribution in [0.2, 0.25) is 0 Å². The van der Waals surface area contributed by atoms with E-state index in [4.69, 9.17) is 0 Å². The molecule has 4 heteroatoms. The molecule has 0 radical (unpaired) electrons. The van der Waals surface area contributed by atoms with E-state index in [1.165, 1.54) is 22.3 Å². The molecule has 0 bridgehead atoms. The van der Waals surface area contributed by atoms with E-state index in [2.05, 4.69) is 53.6 Å². The Morgan fingerprint density at radius 3 is 2.95 bits per heavy atom. The summed E-state index contributed by atoms with van der Waals surface area (Å²) in [5.41, 5.74) is 5.21. The maximum atomic E-state index is 4.32. The van der Waals surface area contributed by atoms with Gasteiger partial charge in [0.1, 0.15) is 0 Å². The first kappa shape index (κ1) is 14.3. The molecule has 1 aliphatic rings. The molecule has 21 heavy (non-hydrogen) atoms. The lowest BCUT2D eigenvalue weighted by Gasteiger charge is -2.32. The van der Waals surface area contributed by atoms with Crippen LogP contribution in [0.25, 0.3) is 11.1 Å². The van der Waals surface area contributed by atoms with Crippen molar-refractivity contribution in [1.29, 1.82) is 0 Å². The van der Waals surface area contributed by atoms with Crippen molar-refractivity contribution >= 4 is 0 Å². The Morgan fingerprint density at radius 2 is 2.24 bits per heavy atom. The molecule has 0 aliphatic carbocycles. The second-order valence-electron chi connectivity index (χ2n) is 6.15. The van der Waals surface area contributed by atoms with Gasteiger partial charge in [0.05, 0.1) is 6.20 Å². The molecule has 0 spiro atoms. The van der Waals surface area contributed by atoms with Crippen LogP contribution in [-0.4, -0.2) is 40.4 Å². The lowest BCUT2D eigenvalue weighted by atomic mass is 9.99. The van der Waals surface area contributed by atoms with Crippen LogP contribution in [0.15, 0.2) is 30.6 Å². The zero-order chi connectivity index (χ0) is 14.8. The maximum absolute atomic E-state index is 4.32. The Morgan fingerprint density at radius 1 is 1.38 bits per heavy atom. The van der Waals surface area contributed by atoms with Crippen molar-refractivity contribution in [2.45, 2.75) is 26.4 Å². The van der Waals surface area contributed by atoms with Gasteiger partial charge in [-0.3, -0.25) is 9.58 Å². The van der Waals surface area contributed by atoms with Crippen LogP contribution >= 0.6 is 0 Å². The Labute approximate surface area is 126 Å². The number of nitrogens with zero attached hydrogens (tertiary/aromatic N) is 3. The van der Waals surface area contributed by atoms with Crippen molar-refractivity contribution in [3.05, 3.63) is 41.7 Å². The summed E-state index contributed by atoms with van der Waals surface area (Å²) in [5.74, 6) is 0. The summed E-state index contributed by atoms with van der Waals surface area (Å²) < 4.78 is 1.87. The minimum absolute atomic E-state index is 0.575. The molecule has 1 fully saturated rings. The van der Waals surface area contributed by atoms with Gasteiger partial charge < -0.3 is 5.32 Å². The first-order valence-electron chi connectivity index (χ1n) is 7.66. The molecular formula is C17H24N4. The van der Waals surface area contributed by atoms with E-state index >= 15 is 0 Å². The van der Waals surface area contributed by atoms with E-state index in [9.17, 15) is 0 Å². The molecule has 3 rings (SSSR count). The molecule has 1 atom stereocenters. The normalized spacial score (nSPS) is 19.9. The molecule has 0 saturated carbocycles. The highest BCUT2D eigenvalue weighted by atomic mass is 15.2. The summed E-state index contributed by atoms with van der Waals surface area (Å²) in [4.78, 5) is 2.53. The molecule has 1 aromatic carbocycles. The van der Waals surface area contributed by atoms with E-state index in [0.29, 0.717) is 6.04 Å². The smallest absolute Gasteiger partial charge is 0.0568 e. The maximum Gasteiger partial charge on any atom is 0.0568 e. The highest BCUT2D eigenvalue weighted by Gasteiger charge is 2.17. The molecule has 112 valence electrons. The number of aryl methyl sites for hydroxylation is 2. The summed E-state index contributed by atoms with van der Waals surface area (Å²) in [5, 5.41) is 7.82. The second kappa shape index (κ2) is 6.00. The minimum Gasteiger partial charge on any atom is -0.312 e. The monoisotopic (exact) mass is 284 g/mol. The first-order valence-corrected chi connectivity index (χ1v) is 7.66. The largest absolute Gasteiger partial charge is 0.312 e. The van der Waals surface area contributed by atoms with Gasteiger partial charge >= 0.3 is 0 Å². The number of hydrogen-bond acceptors (Lipinski definition) is 3. The van der Waals surface area contributed by atoms with Crippen molar-refractivity contribution in [2.75, 3.05) is 19.6 Å². The van der Waals surface area contributed by atoms with Crippen molar-refractivity contribution in [1.82, 2.24) is 20.0 Å². The Hall–Kier alpha value is -1.65. The fraction of sp³-hybridized carbons (Fsp3) is 0.471. The predicted molar refractivity (Wildman–Crippen MR) is 86.1 cm³/mol. The van der Waals surface area contributed by atoms with Gasteiger partial charge in [-0.05, 0) is 25.0 Å². The van der Waals surface area contributed by atoms with Crippen molar-refractivity contribution in [3.63, 3.8) is 0 Å². The molecular weight excluding hydrogens is 260 g/mol. The van der Waals surface area contributed by atoms with Crippen LogP contribution in [0, 0.1) is 6.92 Å². The zero-order valence-electron chi connectivity index (χ0n) is 13.1. The molecule has 2 aromatic rings. The molecule has 0 amide bonds. The fourth-order valence-corrected chi connectivity index (χ4v) is 3.05. The summed E-state index contributed by atoms with van der Waals surface area (Å²) in [7, 11) is 1.97. The molecule has 1 aliphatic heterocycles. The number of nitrogens with one attached hydrogen (secondary N) is 1. The third kappa shape index (κ3) is 3.34. The van der Waals surface area contributed by atoms with Crippen molar-refractivity contribution in [3.8, 4) is 11.1 Å². The average molecular weight is 284 g/mol. The van der Waals surface area contributed by atoms with Gasteiger partial charge in [0.2, 0.25) is 0 Å². The molecule has 2 heterocycles. The minimum atomic E-state index is 0.575. The Bertz CT molecular complexity index is 617. The van der Waals surface area contributed by atoms with Crippen LogP contribution < -0.4 is 5.32 Å². The number of aromatic nitrogens is 2. The van der Waals surface area contributed by atoms with Crippen LogP contribution in [0.5, 0.6) is 0 Å². The summed E-state index contributed by atoms with van der Waals surface area (Å²) >= 11 is 0. The fourth-order valence-electron chi connectivity index (χ4n) is 3.05. The van der Waals surface area contributed by atoms with Crippen molar-refractivity contribution in [2.24, 2.45) is 7.05 Å². The van der Waals surface area contributed by atoms with Crippen LogP contribution in [0.4, 0.5) is 0 Å². The van der Waals surface area contributed by atoms with Gasteiger partial charge in [-0.25, -0.2) is 0 Å². The third-order valence-corrected chi connectivity index (χ3v) is 4.13. The molecule has 1 N–H and O–H groups in total. The van der Waals surface area contributed by atoms with Gasteiger partial charge in [-0.1, -0.05) is 23.8 Å². The third-order valence-electron chi connectivity index (χ3n) is 4.13. The number of benzene rings is 1. The summed E-state index contributed by atoms with van der Waals surface area (Å²) in [6, 6.07) is 7.33. The molecule has 1 saturated heterocycles. The van der Waals surface area contributed by atoms with Gasteiger partial charge in [0, 0.05) is 51.0 Å². The quantitative estimate of drug-likeness (QED) is 0.938. The van der Waals surface area contributed by atoms with E-state index in [0.717, 1.165) is 26.2 Å². The Kier molecular flexibility index (Phi) is 4.08. The van der Waals surface area contributed by atoms with Gasteiger partial charge in [-0.15, -0.1) is 0 Å². The van der Waals surface area contributed by atoms with E-state index in [1.807, 2.05) is 17.9 Å². The second-order valence-corrected chi connectivity index (χ2v) is 6.15. The number of rotatable bonds is 3.